The molecule has 2 nitrogen and oxygen atoms in total. The van der Waals surface area contributed by atoms with E-state index in [2.05, 4.69) is 37.2 Å². The molecule has 2 aliphatic heterocycles. The van der Waals surface area contributed by atoms with Gasteiger partial charge in [-0.2, -0.15) is 0 Å². The van der Waals surface area contributed by atoms with E-state index in [0.717, 1.165) is 26.5 Å². The van der Waals surface area contributed by atoms with Crippen LogP contribution in [-0.4, -0.2) is 11.4 Å². The molecule has 0 radical (unpaired) electrons. The standard InChI is InChI=1S/C16H14Br2N2/c17-12-7-11-9-20-6-5-10-3-1-2-4-13(10)16(20)19-15(11)14(18)8-12/h1-4,7-8,16,19H,5-6,9H2/i9D2,16D. The van der Waals surface area contributed by atoms with Crippen molar-refractivity contribution in [3.63, 3.8) is 0 Å². The third kappa shape index (κ3) is 2.01. The molecule has 0 saturated carbocycles. The Morgan fingerprint density at radius 2 is 2.10 bits per heavy atom. The van der Waals surface area contributed by atoms with Crippen LogP contribution < -0.4 is 5.32 Å². The van der Waals surface area contributed by atoms with Gasteiger partial charge >= 0.3 is 0 Å². The number of nitrogens with zero attached hydrogens (tertiary/aromatic N) is 1. The average Bonchev–Trinajstić information content (AvgIpc) is 2.49. The molecule has 4 rings (SSSR count). The van der Waals surface area contributed by atoms with Gasteiger partial charge in [-0.05, 0) is 51.2 Å². The van der Waals surface area contributed by atoms with Gasteiger partial charge in [-0.1, -0.05) is 40.2 Å². The van der Waals surface area contributed by atoms with Gasteiger partial charge in [-0.15, -0.1) is 0 Å². The quantitative estimate of drug-likeness (QED) is 0.694. The van der Waals surface area contributed by atoms with E-state index in [4.69, 9.17) is 4.11 Å². The fraction of sp³-hybridized carbons (Fsp3) is 0.250. The SMILES string of the molecule is [2H]C1([2H])c2cc(Br)cc(Br)c2NC2([2H])c3ccccc3CCN12. The monoisotopic (exact) mass is 395 g/mol. The number of nitrogens with one attached hydrogen (secondary N) is 1. The van der Waals surface area contributed by atoms with Gasteiger partial charge in [0.2, 0.25) is 0 Å². The smallest absolute Gasteiger partial charge is 0.106 e. The molecule has 0 aromatic heterocycles. The van der Waals surface area contributed by atoms with Crippen LogP contribution in [0, 0.1) is 0 Å². The zero-order chi connectivity index (χ0) is 16.4. The van der Waals surface area contributed by atoms with Crippen LogP contribution in [0.5, 0.6) is 0 Å². The molecule has 0 spiro atoms. The average molecular weight is 397 g/mol. The summed E-state index contributed by atoms with van der Waals surface area (Å²) in [6, 6.07) is 11.5. The lowest BCUT2D eigenvalue weighted by Crippen LogP contribution is -2.42. The molecule has 0 saturated heterocycles. The van der Waals surface area contributed by atoms with Crippen LogP contribution in [0.3, 0.4) is 0 Å². The van der Waals surface area contributed by atoms with Crippen molar-refractivity contribution in [2.24, 2.45) is 0 Å². The van der Waals surface area contributed by atoms with E-state index in [9.17, 15) is 0 Å². The molecule has 4 heteroatoms. The summed E-state index contributed by atoms with van der Waals surface area (Å²) in [6.45, 7) is -1.24. The summed E-state index contributed by atoms with van der Waals surface area (Å²) in [5.41, 5.74) is 3.09. The molecule has 1 N–H and O–H groups in total. The minimum atomic E-state index is -1.73. The van der Waals surface area contributed by atoms with Crippen LogP contribution in [0.25, 0.3) is 0 Å². The predicted molar refractivity (Wildman–Crippen MR) is 88.8 cm³/mol. The van der Waals surface area contributed by atoms with Gasteiger partial charge in [-0.3, -0.25) is 4.90 Å². The van der Waals surface area contributed by atoms with E-state index >= 15 is 0 Å². The Balaban J connectivity index is 1.98. The first kappa shape index (κ1) is 9.98. The summed E-state index contributed by atoms with van der Waals surface area (Å²) in [5.74, 6) is 0. The molecule has 1 atom stereocenters. The summed E-state index contributed by atoms with van der Waals surface area (Å²) in [4.78, 5) is 1.60. The number of anilines is 1. The van der Waals surface area contributed by atoms with Gasteiger partial charge < -0.3 is 5.32 Å². The van der Waals surface area contributed by atoms with Crippen molar-refractivity contribution in [2.45, 2.75) is 19.1 Å². The molecule has 0 bridgehead atoms. The van der Waals surface area contributed by atoms with Crippen molar-refractivity contribution in [3.05, 3.63) is 62.0 Å². The van der Waals surface area contributed by atoms with Gasteiger partial charge in [0, 0.05) is 24.7 Å². The molecular formula is C16H14Br2N2. The van der Waals surface area contributed by atoms with E-state index in [-0.39, 0.29) is 0 Å². The highest BCUT2D eigenvalue weighted by atomic mass is 79.9. The zero-order valence-corrected chi connectivity index (χ0v) is 13.8. The molecule has 2 heterocycles. The van der Waals surface area contributed by atoms with Gasteiger partial charge in [0.25, 0.3) is 0 Å². The van der Waals surface area contributed by atoms with Crippen LogP contribution in [0.1, 0.15) is 26.9 Å². The Morgan fingerprint density at radius 3 is 3.00 bits per heavy atom. The van der Waals surface area contributed by atoms with Crippen molar-refractivity contribution in [2.75, 3.05) is 11.9 Å². The maximum atomic E-state index is 9.04. The molecule has 2 aromatic carbocycles. The van der Waals surface area contributed by atoms with Gasteiger partial charge in [0.15, 0.2) is 0 Å². The van der Waals surface area contributed by atoms with Crippen molar-refractivity contribution in [1.82, 2.24) is 4.90 Å². The first-order chi connectivity index (χ1) is 10.8. The van der Waals surface area contributed by atoms with E-state index < -0.39 is 12.6 Å². The Bertz CT molecular complexity index is 812. The first-order valence-electron chi connectivity index (χ1n) is 7.98. The number of fused-ring (bicyclic) bond motifs is 4. The van der Waals surface area contributed by atoms with E-state index in [1.807, 2.05) is 30.3 Å². The summed E-state index contributed by atoms with van der Waals surface area (Å²) in [7, 11) is 0. The lowest BCUT2D eigenvalue weighted by Gasteiger charge is -2.42. The van der Waals surface area contributed by atoms with Crippen molar-refractivity contribution in [3.8, 4) is 0 Å². The number of hydrogen-bond donors (Lipinski definition) is 1. The van der Waals surface area contributed by atoms with Crippen molar-refractivity contribution >= 4 is 37.5 Å². The number of halogens is 2. The fourth-order valence-electron chi connectivity index (χ4n) is 2.76. The van der Waals surface area contributed by atoms with Crippen LogP contribution >= 0.6 is 31.9 Å². The highest BCUT2D eigenvalue weighted by molar-refractivity contribution is 9.11. The second-order valence-corrected chi connectivity index (χ2v) is 6.72. The molecule has 0 fully saturated rings. The van der Waals surface area contributed by atoms with E-state index in [0.29, 0.717) is 17.8 Å². The van der Waals surface area contributed by atoms with Crippen molar-refractivity contribution in [1.29, 1.82) is 0 Å². The first-order valence-corrected chi connectivity index (χ1v) is 8.06. The molecule has 0 aliphatic carbocycles. The Morgan fingerprint density at radius 1 is 1.25 bits per heavy atom. The summed E-state index contributed by atoms with van der Waals surface area (Å²) >= 11 is 6.93. The van der Waals surface area contributed by atoms with Gasteiger partial charge in [0.1, 0.15) is 6.14 Å². The Kier molecular flexibility index (Phi) is 2.43. The maximum absolute atomic E-state index is 9.04. The Hall–Kier alpha value is -0.840. The van der Waals surface area contributed by atoms with Crippen molar-refractivity contribution < 1.29 is 4.11 Å². The molecule has 1 unspecified atom stereocenters. The molecule has 102 valence electrons. The number of hydrogen-bond acceptors (Lipinski definition) is 2. The topological polar surface area (TPSA) is 15.3 Å². The highest BCUT2D eigenvalue weighted by Gasteiger charge is 2.32. The predicted octanol–water partition coefficient (Wildman–Crippen LogP) is 4.69. The second-order valence-electron chi connectivity index (χ2n) is 4.95. The summed E-state index contributed by atoms with van der Waals surface area (Å²) in [6.07, 6.45) is -0.579. The lowest BCUT2D eigenvalue weighted by atomic mass is 9.94. The normalized spacial score (nSPS) is 29.0. The molecule has 2 aromatic rings. The van der Waals surface area contributed by atoms with Gasteiger partial charge in [0.05, 0.1) is 7.06 Å². The third-order valence-electron chi connectivity index (χ3n) is 3.70. The van der Waals surface area contributed by atoms with Crippen LogP contribution in [0.4, 0.5) is 5.69 Å². The van der Waals surface area contributed by atoms with Crippen LogP contribution in [0.15, 0.2) is 45.3 Å². The fourth-order valence-corrected chi connectivity index (χ4v) is 4.08. The number of benzene rings is 2. The summed E-state index contributed by atoms with van der Waals surface area (Å²) < 4.78 is 28.0. The van der Waals surface area contributed by atoms with Gasteiger partial charge in [-0.25, -0.2) is 0 Å². The second kappa shape index (κ2) is 4.86. The minimum absolute atomic E-state index is 0.490. The third-order valence-corrected chi connectivity index (χ3v) is 4.78. The Labute approximate surface area is 139 Å². The highest BCUT2D eigenvalue weighted by Crippen LogP contribution is 2.41. The minimum Gasteiger partial charge on any atom is -0.365 e. The van der Waals surface area contributed by atoms with E-state index in [1.54, 1.807) is 11.0 Å². The van der Waals surface area contributed by atoms with Crippen LogP contribution in [-0.2, 0) is 12.9 Å². The van der Waals surface area contributed by atoms with Crippen LogP contribution in [0.2, 0.25) is 0 Å². The number of rotatable bonds is 0. The zero-order valence-electron chi connectivity index (χ0n) is 13.6. The van der Waals surface area contributed by atoms with E-state index in [1.165, 1.54) is 0 Å². The summed E-state index contributed by atoms with van der Waals surface area (Å²) in [5, 5.41) is 3.27. The molecule has 20 heavy (non-hydrogen) atoms. The largest absolute Gasteiger partial charge is 0.365 e. The molecule has 2 aliphatic rings. The molecule has 0 amide bonds. The lowest BCUT2D eigenvalue weighted by molar-refractivity contribution is 0.187. The molecular weight excluding hydrogens is 380 g/mol. The maximum Gasteiger partial charge on any atom is 0.106 e.